The number of halogens is 1. The van der Waals surface area contributed by atoms with E-state index >= 15 is 0 Å². The molecular weight excluding hydrogens is 161 g/mol. The summed E-state index contributed by atoms with van der Waals surface area (Å²) in [5.74, 6) is -0.118. The summed E-state index contributed by atoms with van der Waals surface area (Å²) in [5.41, 5.74) is 0.863. The standard InChI is InChI=1S/C8H10FNO2/c1-5-8(12)7(4-11)6(2-9)3-10-5/h3,11-12H,2,4H2,1H3. The number of rotatable bonds is 2. The summed E-state index contributed by atoms with van der Waals surface area (Å²) in [4.78, 5) is 3.76. The molecule has 0 saturated carbocycles. The SMILES string of the molecule is Cc1ncc(CF)c(CO)c1O. The number of aryl methyl sites for hydroxylation is 1. The van der Waals surface area contributed by atoms with Crippen molar-refractivity contribution in [1.29, 1.82) is 0 Å². The van der Waals surface area contributed by atoms with Crippen LogP contribution in [0.4, 0.5) is 4.39 Å². The molecule has 1 aromatic rings. The largest absolute Gasteiger partial charge is 0.506 e. The lowest BCUT2D eigenvalue weighted by Crippen LogP contribution is -1.96. The second-order valence-electron chi connectivity index (χ2n) is 2.49. The molecule has 0 saturated heterocycles. The quantitative estimate of drug-likeness (QED) is 0.699. The van der Waals surface area contributed by atoms with Crippen molar-refractivity contribution in [3.8, 4) is 5.75 Å². The van der Waals surface area contributed by atoms with Gasteiger partial charge in [-0.1, -0.05) is 0 Å². The van der Waals surface area contributed by atoms with Gasteiger partial charge in [-0.25, -0.2) is 4.39 Å². The fourth-order valence-electron chi connectivity index (χ4n) is 0.976. The molecule has 1 heterocycles. The molecule has 1 aromatic heterocycles. The molecule has 3 nitrogen and oxygen atoms in total. The Hall–Kier alpha value is -1.16. The molecule has 4 heteroatoms. The third-order valence-corrected chi connectivity index (χ3v) is 1.73. The van der Waals surface area contributed by atoms with Crippen LogP contribution in [-0.4, -0.2) is 15.2 Å². The van der Waals surface area contributed by atoms with Gasteiger partial charge in [0.15, 0.2) is 0 Å². The Labute approximate surface area is 69.5 Å². The summed E-state index contributed by atoms with van der Waals surface area (Å²) < 4.78 is 12.2. The molecule has 0 spiro atoms. The third kappa shape index (κ3) is 1.38. The van der Waals surface area contributed by atoms with Gasteiger partial charge in [-0.2, -0.15) is 0 Å². The smallest absolute Gasteiger partial charge is 0.142 e. The van der Waals surface area contributed by atoms with Crippen LogP contribution in [0.25, 0.3) is 0 Å². The molecule has 0 aliphatic rings. The highest BCUT2D eigenvalue weighted by Crippen LogP contribution is 2.23. The first-order valence-corrected chi connectivity index (χ1v) is 3.53. The molecule has 0 aromatic carbocycles. The van der Waals surface area contributed by atoms with Gasteiger partial charge >= 0.3 is 0 Å². The van der Waals surface area contributed by atoms with Crippen LogP contribution in [-0.2, 0) is 13.3 Å². The Bertz CT molecular complexity index is 289. The first-order chi connectivity index (χ1) is 5.70. The number of pyridine rings is 1. The summed E-state index contributed by atoms with van der Waals surface area (Å²) in [6.07, 6.45) is 1.32. The lowest BCUT2D eigenvalue weighted by atomic mass is 10.1. The van der Waals surface area contributed by atoms with Crippen LogP contribution in [0.3, 0.4) is 0 Å². The number of alkyl halides is 1. The van der Waals surface area contributed by atoms with Crippen molar-refractivity contribution >= 4 is 0 Å². The molecule has 0 unspecified atom stereocenters. The van der Waals surface area contributed by atoms with E-state index in [0.29, 0.717) is 5.69 Å². The van der Waals surface area contributed by atoms with Crippen LogP contribution < -0.4 is 0 Å². The van der Waals surface area contributed by atoms with E-state index in [1.165, 1.54) is 6.20 Å². The molecule has 0 fully saturated rings. The predicted molar refractivity (Wildman–Crippen MR) is 41.4 cm³/mol. The molecule has 66 valence electrons. The lowest BCUT2D eigenvalue weighted by Gasteiger charge is -2.07. The fraction of sp³-hybridized carbons (Fsp3) is 0.375. The van der Waals surface area contributed by atoms with Crippen LogP contribution in [0.5, 0.6) is 5.75 Å². The Morgan fingerprint density at radius 1 is 1.58 bits per heavy atom. The van der Waals surface area contributed by atoms with Gasteiger partial charge in [-0.3, -0.25) is 4.98 Å². The van der Waals surface area contributed by atoms with E-state index in [-0.39, 0.29) is 23.5 Å². The van der Waals surface area contributed by atoms with Crippen molar-refractivity contribution in [2.75, 3.05) is 0 Å². The van der Waals surface area contributed by atoms with E-state index in [4.69, 9.17) is 5.11 Å². The minimum atomic E-state index is -0.725. The van der Waals surface area contributed by atoms with Gasteiger partial charge in [0.1, 0.15) is 12.4 Å². The third-order valence-electron chi connectivity index (χ3n) is 1.73. The Morgan fingerprint density at radius 2 is 2.25 bits per heavy atom. The zero-order valence-electron chi connectivity index (χ0n) is 6.71. The van der Waals surface area contributed by atoms with Crippen molar-refractivity contribution in [3.05, 3.63) is 23.0 Å². The maximum atomic E-state index is 12.2. The summed E-state index contributed by atoms with van der Waals surface area (Å²) >= 11 is 0. The van der Waals surface area contributed by atoms with Crippen molar-refractivity contribution in [2.24, 2.45) is 0 Å². The summed E-state index contributed by atoms with van der Waals surface area (Å²) in [6, 6.07) is 0. The predicted octanol–water partition coefficient (Wildman–Crippen LogP) is 1.06. The monoisotopic (exact) mass is 171 g/mol. The van der Waals surface area contributed by atoms with Gasteiger partial charge in [0, 0.05) is 17.3 Å². The zero-order valence-corrected chi connectivity index (χ0v) is 6.71. The summed E-state index contributed by atoms with van der Waals surface area (Å²) in [5, 5.41) is 18.1. The molecule has 0 aliphatic carbocycles. The zero-order chi connectivity index (χ0) is 9.14. The fourth-order valence-corrected chi connectivity index (χ4v) is 0.976. The number of aromatic hydroxyl groups is 1. The highest BCUT2D eigenvalue weighted by atomic mass is 19.1. The topological polar surface area (TPSA) is 53.4 Å². The first kappa shape index (κ1) is 8.93. The van der Waals surface area contributed by atoms with Crippen LogP contribution in [0, 0.1) is 6.92 Å². The van der Waals surface area contributed by atoms with E-state index in [1.54, 1.807) is 6.92 Å². The lowest BCUT2D eigenvalue weighted by molar-refractivity contribution is 0.271. The maximum absolute atomic E-state index is 12.2. The molecule has 0 aliphatic heterocycles. The van der Waals surface area contributed by atoms with Crippen molar-refractivity contribution in [1.82, 2.24) is 4.98 Å². The van der Waals surface area contributed by atoms with E-state index < -0.39 is 6.67 Å². The second kappa shape index (κ2) is 3.49. The molecule has 1 rings (SSSR count). The van der Waals surface area contributed by atoms with Crippen molar-refractivity contribution in [2.45, 2.75) is 20.2 Å². The van der Waals surface area contributed by atoms with Gasteiger partial charge in [-0.05, 0) is 6.92 Å². The van der Waals surface area contributed by atoms with Crippen molar-refractivity contribution < 1.29 is 14.6 Å². The molecule has 0 bridgehead atoms. The van der Waals surface area contributed by atoms with E-state index in [1.807, 2.05) is 0 Å². The van der Waals surface area contributed by atoms with Gasteiger partial charge in [-0.15, -0.1) is 0 Å². The van der Waals surface area contributed by atoms with Crippen LogP contribution >= 0.6 is 0 Å². The second-order valence-corrected chi connectivity index (χ2v) is 2.49. The minimum absolute atomic E-state index is 0.118. The summed E-state index contributed by atoms with van der Waals surface area (Å²) in [7, 11) is 0. The van der Waals surface area contributed by atoms with Crippen molar-refractivity contribution in [3.63, 3.8) is 0 Å². The molecule has 0 atom stereocenters. The Morgan fingerprint density at radius 3 is 2.75 bits per heavy atom. The average Bonchev–Trinajstić information content (AvgIpc) is 2.09. The highest BCUT2D eigenvalue weighted by Gasteiger charge is 2.09. The van der Waals surface area contributed by atoms with Gasteiger partial charge in [0.2, 0.25) is 0 Å². The molecule has 12 heavy (non-hydrogen) atoms. The molecule has 0 radical (unpaired) electrons. The molecule has 2 N–H and O–H groups in total. The number of aliphatic hydroxyl groups is 1. The van der Waals surface area contributed by atoms with E-state index in [2.05, 4.69) is 4.98 Å². The number of nitrogens with zero attached hydrogens (tertiary/aromatic N) is 1. The van der Waals surface area contributed by atoms with Gasteiger partial charge in [0.25, 0.3) is 0 Å². The minimum Gasteiger partial charge on any atom is -0.506 e. The van der Waals surface area contributed by atoms with Crippen LogP contribution in [0.15, 0.2) is 6.20 Å². The highest BCUT2D eigenvalue weighted by molar-refractivity contribution is 5.39. The van der Waals surface area contributed by atoms with E-state index in [9.17, 15) is 9.50 Å². The molecular formula is C8H10FNO2. The van der Waals surface area contributed by atoms with Crippen LogP contribution in [0.2, 0.25) is 0 Å². The normalized spacial score (nSPS) is 10.2. The average molecular weight is 171 g/mol. The van der Waals surface area contributed by atoms with Crippen LogP contribution in [0.1, 0.15) is 16.8 Å². The van der Waals surface area contributed by atoms with Gasteiger partial charge < -0.3 is 10.2 Å². The number of aromatic nitrogens is 1. The Balaban J connectivity index is 3.25. The summed E-state index contributed by atoms with van der Waals surface area (Å²) in [6.45, 7) is 0.502. The van der Waals surface area contributed by atoms with Gasteiger partial charge in [0.05, 0.1) is 12.3 Å². The number of hydrogen-bond donors (Lipinski definition) is 2. The number of aliphatic hydroxyl groups excluding tert-OH is 1. The first-order valence-electron chi connectivity index (χ1n) is 3.53. The number of hydrogen-bond acceptors (Lipinski definition) is 3. The Kier molecular flexibility index (Phi) is 2.60. The van der Waals surface area contributed by atoms with E-state index in [0.717, 1.165) is 0 Å². The molecule has 0 amide bonds. The maximum Gasteiger partial charge on any atom is 0.142 e.